The molecule has 0 spiro atoms. The molecule has 1 aliphatic heterocycles. The van der Waals surface area contributed by atoms with Crippen LogP contribution in [0.2, 0.25) is 0 Å². The maximum atomic E-state index is 12.1. The van der Waals surface area contributed by atoms with Crippen molar-refractivity contribution in [3.05, 3.63) is 65.7 Å². The zero-order valence-corrected chi connectivity index (χ0v) is 17.9. The molecule has 3 rings (SSSR count). The number of amides is 2. The number of hydrogen-bond acceptors (Lipinski definition) is 4. The second-order valence-corrected chi connectivity index (χ2v) is 8.54. The number of cyclic esters (lactones) is 1. The van der Waals surface area contributed by atoms with Gasteiger partial charge in [0.2, 0.25) is 0 Å². The molecule has 1 fully saturated rings. The van der Waals surface area contributed by atoms with Crippen LogP contribution in [-0.4, -0.2) is 41.9 Å². The summed E-state index contributed by atoms with van der Waals surface area (Å²) in [7, 11) is 0. The van der Waals surface area contributed by atoms with Gasteiger partial charge in [0.15, 0.2) is 0 Å². The van der Waals surface area contributed by atoms with E-state index in [1.165, 1.54) is 5.56 Å². The second-order valence-electron chi connectivity index (χ2n) is 8.54. The molecule has 1 heterocycles. The molecule has 30 heavy (non-hydrogen) atoms. The summed E-state index contributed by atoms with van der Waals surface area (Å²) >= 11 is 0. The average molecular weight is 411 g/mol. The Kier molecular flexibility index (Phi) is 6.98. The number of aryl methyl sites for hydroxylation is 1. The van der Waals surface area contributed by atoms with Gasteiger partial charge < -0.3 is 14.4 Å². The third kappa shape index (κ3) is 6.51. The van der Waals surface area contributed by atoms with E-state index in [1.807, 2.05) is 68.1 Å². The molecule has 0 saturated carbocycles. The number of ether oxygens (including phenoxy) is 2. The summed E-state index contributed by atoms with van der Waals surface area (Å²) in [4.78, 5) is 25.8. The lowest BCUT2D eigenvalue weighted by atomic mass is 10.0. The molecule has 1 atom stereocenters. The van der Waals surface area contributed by atoms with Crippen LogP contribution in [0.15, 0.2) is 54.6 Å². The maximum Gasteiger partial charge on any atom is 0.412 e. The molecule has 1 N–H and O–H groups in total. The van der Waals surface area contributed by atoms with Crippen LogP contribution in [0.3, 0.4) is 0 Å². The van der Waals surface area contributed by atoms with Gasteiger partial charge in [0, 0.05) is 12.2 Å². The van der Waals surface area contributed by atoms with Crippen LogP contribution in [0.4, 0.5) is 15.3 Å². The summed E-state index contributed by atoms with van der Waals surface area (Å²) in [5.74, 6) is 0. The smallest absolute Gasteiger partial charge is 0.412 e. The number of benzene rings is 2. The third-order valence-electron chi connectivity index (χ3n) is 4.85. The first kappa shape index (κ1) is 21.7. The lowest BCUT2D eigenvalue weighted by Crippen LogP contribution is -2.36. The largest absolute Gasteiger partial charge is 0.447 e. The van der Waals surface area contributed by atoms with E-state index in [9.17, 15) is 9.59 Å². The topological polar surface area (TPSA) is 67.9 Å². The van der Waals surface area contributed by atoms with Crippen molar-refractivity contribution >= 4 is 17.9 Å². The van der Waals surface area contributed by atoms with E-state index in [0.717, 1.165) is 24.8 Å². The lowest BCUT2D eigenvalue weighted by Gasteiger charge is -2.21. The predicted molar refractivity (Wildman–Crippen MR) is 117 cm³/mol. The highest BCUT2D eigenvalue weighted by molar-refractivity contribution is 5.84. The van der Waals surface area contributed by atoms with Crippen LogP contribution in [0.1, 0.15) is 38.3 Å². The minimum Gasteiger partial charge on any atom is -0.447 e. The summed E-state index contributed by atoms with van der Waals surface area (Å²) in [6, 6.07) is 17.9. The zero-order valence-electron chi connectivity index (χ0n) is 17.9. The molecule has 160 valence electrons. The van der Waals surface area contributed by atoms with Crippen LogP contribution >= 0.6 is 0 Å². The molecule has 2 aromatic rings. The quantitative estimate of drug-likeness (QED) is 0.695. The molecule has 0 bridgehead atoms. The van der Waals surface area contributed by atoms with Gasteiger partial charge in [-0.05, 0) is 63.3 Å². The molecule has 2 amide bonds. The first-order valence-corrected chi connectivity index (χ1v) is 10.4. The Labute approximate surface area is 178 Å². The monoisotopic (exact) mass is 410 g/mol. The van der Waals surface area contributed by atoms with Crippen molar-refractivity contribution < 1.29 is 19.1 Å². The Hall–Kier alpha value is -3.02. The van der Waals surface area contributed by atoms with Crippen molar-refractivity contribution in [2.24, 2.45) is 0 Å². The number of nitrogens with one attached hydrogen (secondary N) is 1. The van der Waals surface area contributed by atoms with Gasteiger partial charge in [-0.3, -0.25) is 5.32 Å². The molecule has 6 heteroatoms. The molecule has 0 radical (unpaired) electrons. The SMILES string of the molecule is CC(C)(C)OC(=O)Nc1ccc(CCCN2C(=O)OC[C@H]2Cc2ccccc2)cc1. The Morgan fingerprint density at radius 1 is 1.10 bits per heavy atom. The van der Waals surface area contributed by atoms with Crippen molar-refractivity contribution in [3.8, 4) is 0 Å². The molecule has 0 aliphatic carbocycles. The number of anilines is 1. The molecule has 6 nitrogen and oxygen atoms in total. The fourth-order valence-corrected chi connectivity index (χ4v) is 3.45. The summed E-state index contributed by atoms with van der Waals surface area (Å²) in [5.41, 5.74) is 2.52. The van der Waals surface area contributed by atoms with E-state index in [1.54, 1.807) is 0 Å². The molecule has 0 unspecified atom stereocenters. The highest BCUT2D eigenvalue weighted by Gasteiger charge is 2.32. The number of rotatable bonds is 7. The van der Waals surface area contributed by atoms with Gasteiger partial charge in [0.1, 0.15) is 12.2 Å². The average Bonchev–Trinajstić information content (AvgIpc) is 3.02. The van der Waals surface area contributed by atoms with Crippen molar-refractivity contribution in [3.63, 3.8) is 0 Å². The molecular weight excluding hydrogens is 380 g/mol. The van der Waals surface area contributed by atoms with Crippen molar-refractivity contribution in [1.82, 2.24) is 4.90 Å². The Balaban J connectivity index is 1.47. The van der Waals surface area contributed by atoms with Crippen molar-refractivity contribution in [1.29, 1.82) is 0 Å². The Bertz CT molecular complexity index is 844. The summed E-state index contributed by atoms with van der Waals surface area (Å²) in [6.07, 6.45) is 1.80. The normalized spacial score (nSPS) is 16.3. The van der Waals surface area contributed by atoms with Gasteiger partial charge in [0.25, 0.3) is 0 Å². The van der Waals surface area contributed by atoms with Crippen molar-refractivity contribution in [2.75, 3.05) is 18.5 Å². The first-order chi connectivity index (χ1) is 14.3. The van der Waals surface area contributed by atoms with Crippen LogP contribution in [0.5, 0.6) is 0 Å². The van der Waals surface area contributed by atoms with Gasteiger partial charge in [-0.1, -0.05) is 42.5 Å². The van der Waals surface area contributed by atoms with E-state index in [2.05, 4.69) is 17.4 Å². The van der Waals surface area contributed by atoms with E-state index in [4.69, 9.17) is 9.47 Å². The fraction of sp³-hybridized carbons (Fsp3) is 0.417. The first-order valence-electron chi connectivity index (χ1n) is 10.4. The molecule has 2 aromatic carbocycles. The number of nitrogens with zero attached hydrogens (tertiary/aromatic N) is 1. The summed E-state index contributed by atoms with van der Waals surface area (Å²) in [6.45, 7) is 6.59. The Morgan fingerprint density at radius 2 is 1.80 bits per heavy atom. The van der Waals surface area contributed by atoms with E-state index in [-0.39, 0.29) is 12.1 Å². The third-order valence-corrected chi connectivity index (χ3v) is 4.85. The van der Waals surface area contributed by atoms with Crippen LogP contribution in [-0.2, 0) is 22.3 Å². The number of carbonyl (C=O) groups is 2. The highest BCUT2D eigenvalue weighted by Crippen LogP contribution is 2.19. The number of carbonyl (C=O) groups excluding carboxylic acids is 2. The minimum atomic E-state index is -0.529. The van der Waals surface area contributed by atoms with Gasteiger partial charge in [-0.15, -0.1) is 0 Å². The van der Waals surface area contributed by atoms with E-state index >= 15 is 0 Å². The highest BCUT2D eigenvalue weighted by atomic mass is 16.6. The summed E-state index contributed by atoms with van der Waals surface area (Å²) < 4.78 is 10.5. The summed E-state index contributed by atoms with van der Waals surface area (Å²) in [5, 5.41) is 2.73. The zero-order chi connectivity index (χ0) is 21.6. The predicted octanol–water partition coefficient (Wildman–Crippen LogP) is 5.03. The van der Waals surface area contributed by atoms with Gasteiger partial charge in [-0.25, -0.2) is 9.59 Å². The second kappa shape index (κ2) is 9.65. The van der Waals surface area contributed by atoms with Gasteiger partial charge in [0.05, 0.1) is 6.04 Å². The molecule has 0 aromatic heterocycles. The van der Waals surface area contributed by atoms with Gasteiger partial charge in [-0.2, -0.15) is 0 Å². The number of hydrogen-bond donors (Lipinski definition) is 1. The molecular formula is C24H30N2O4. The molecule has 1 saturated heterocycles. The minimum absolute atomic E-state index is 0.0836. The van der Waals surface area contributed by atoms with E-state index in [0.29, 0.717) is 18.8 Å². The van der Waals surface area contributed by atoms with E-state index < -0.39 is 11.7 Å². The molecule has 1 aliphatic rings. The Morgan fingerprint density at radius 3 is 2.47 bits per heavy atom. The fourth-order valence-electron chi connectivity index (χ4n) is 3.45. The van der Waals surface area contributed by atoms with Gasteiger partial charge >= 0.3 is 12.2 Å². The van der Waals surface area contributed by atoms with Crippen LogP contribution in [0, 0.1) is 0 Å². The van der Waals surface area contributed by atoms with Crippen LogP contribution < -0.4 is 5.32 Å². The van der Waals surface area contributed by atoms with Crippen LogP contribution in [0.25, 0.3) is 0 Å². The maximum absolute atomic E-state index is 12.1. The van der Waals surface area contributed by atoms with Crippen molar-refractivity contribution in [2.45, 2.75) is 51.7 Å². The lowest BCUT2D eigenvalue weighted by molar-refractivity contribution is 0.0636. The standard InChI is InChI=1S/C24H30N2O4/c1-24(2,3)30-22(27)25-20-13-11-18(12-14-20)10-7-15-26-21(17-29-23(26)28)16-19-8-5-4-6-9-19/h4-6,8-9,11-14,21H,7,10,15-17H2,1-3H3,(H,25,27)/t21-/m1/s1.